The summed E-state index contributed by atoms with van der Waals surface area (Å²) in [6.45, 7) is 0.811. The highest BCUT2D eigenvalue weighted by molar-refractivity contribution is 9.10. The molecule has 1 amide bonds. The standard InChI is InChI=1S/C17H16BrNO3/c18-14-3-1-2-13(8-14)10-19-17(20)7-5-12-4-6-15-16(9-12)22-11-21-15/h1-4,6,8-9H,5,7,10-11H2,(H,19,20). The molecular weight excluding hydrogens is 346 g/mol. The second kappa shape index (κ2) is 6.83. The quantitative estimate of drug-likeness (QED) is 0.887. The van der Waals surface area contributed by atoms with Crippen molar-refractivity contribution in [3.8, 4) is 11.5 Å². The van der Waals surface area contributed by atoms with Gasteiger partial charge in [0.1, 0.15) is 0 Å². The van der Waals surface area contributed by atoms with E-state index in [1.165, 1.54) is 0 Å². The van der Waals surface area contributed by atoms with Gasteiger partial charge < -0.3 is 14.8 Å². The van der Waals surface area contributed by atoms with Crippen LogP contribution in [-0.2, 0) is 17.8 Å². The van der Waals surface area contributed by atoms with Crippen LogP contribution in [0.3, 0.4) is 0 Å². The SMILES string of the molecule is O=C(CCc1ccc2c(c1)OCO2)NCc1cccc(Br)c1. The number of fused-ring (bicyclic) bond motifs is 1. The summed E-state index contributed by atoms with van der Waals surface area (Å²) in [6.07, 6.45) is 1.13. The van der Waals surface area contributed by atoms with Crippen LogP contribution in [0.5, 0.6) is 11.5 Å². The lowest BCUT2D eigenvalue weighted by Gasteiger charge is -2.06. The van der Waals surface area contributed by atoms with Crippen LogP contribution in [-0.4, -0.2) is 12.7 Å². The number of hydrogen-bond acceptors (Lipinski definition) is 3. The summed E-state index contributed by atoms with van der Waals surface area (Å²) >= 11 is 3.42. The number of amides is 1. The molecule has 4 nitrogen and oxygen atoms in total. The Kier molecular flexibility index (Phi) is 4.63. The lowest BCUT2D eigenvalue weighted by Crippen LogP contribution is -2.22. The molecule has 0 fully saturated rings. The molecule has 22 heavy (non-hydrogen) atoms. The van der Waals surface area contributed by atoms with Crippen LogP contribution in [0.15, 0.2) is 46.9 Å². The van der Waals surface area contributed by atoms with Crippen LogP contribution in [0.2, 0.25) is 0 Å². The van der Waals surface area contributed by atoms with Crippen molar-refractivity contribution in [1.29, 1.82) is 0 Å². The number of hydrogen-bond donors (Lipinski definition) is 1. The predicted molar refractivity (Wildman–Crippen MR) is 86.9 cm³/mol. The Bertz CT molecular complexity index is 687. The highest BCUT2D eigenvalue weighted by Crippen LogP contribution is 2.32. The fourth-order valence-corrected chi connectivity index (χ4v) is 2.74. The Morgan fingerprint density at radius 1 is 1.09 bits per heavy atom. The van der Waals surface area contributed by atoms with Crippen molar-refractivity contribution in [3.05, 3.63) is 58.1 Å². The molecule has 1 aliphatic rings. The van der Waals surface area contributed by atoms with Crippen molar-refractivity contribution < 1.29 is 14.3 Å². The third-order valence-corrected chi connectivity index (χ3v) is 3.95. The summed E-state index contributed by atoms with van der Waals surface area (Å²) < 4.78 is 11.6. The number of benzene rings is 2. The van der Waals surface area contributed by atoms with Crippen LogP contribution in [0, 0.1) is 0 Å². The van der Waals surface area contributed by atoms with Gasteiger partial charge in [-0.3, -0.25) is 4.79 Å². The lowest BCUT2D eigenvalue weighted by molar-refractivity contribution is -0.121. The molecule has 0 aromatic heterocycles. The van der Waals surface area contributed by atoms with Crippen LogP contribution in [0.1, 0.15) is 17.5 Å². The Morgan fingerprint density at radius 2 is 1.95 bits per heavy atom. The highest BCUT2D eigenvalue weighted by atomic mass is 79.9. The van der Waals surface area contributed by atoms with Gasteiger partial charge >= 0.3 is 0 Å². The van der Waals surface area contributed by atoms with Crippen LogP contribution in [0.4, 0.5) is 0 Å². The molecular formula is C17H16BrNO3. The van der Waals surface area contributed by atoms with Gasteiger partial charge in [0.2, 0.25) is 12.7 Å². The minimum atomic E-state index is 0.0395. The van der Waals surface area contributed by atoms with Gasteiger partial charge in [0.15, 0.2) is 11.5 Å². The Morgan fingerprint density at radius 3 is 2.82 bits per heavy atom. The minimum absolute atomic E-state index is 0.0395. The van der Waals surface area contributed by atoms with E-state index in [-0.39, 0.29) is 12.7 Å². The number of carbonyl (C=O) groups excluding carboxylic acids is 1. The van der Waals surface area contributed by atoms with E-state index < -0.39 is 0 Å². The fourth-order valence-electron chi connectivity index (χ4n) is 2.29. The number of ether oxygens (including phenoxy) is 2. The maximum absolute atomic E-state index is 11.9. The van der Waals surface area contributed by atoms with Gasteiger partial charge in [-0.2, -0.15) is 0 Å². The molecule has 0 unspecified atom stereocenters. The summed E-state index contributed by atoms with van der Waals surface area (Å²) in [5.74, 6) is 1.56. The number of aryl methyl sites for hydroxylation is 1. The normalized spacial score (nSPS) is 12.2. The summed E-state index contributed by atoms with van der Waals surface area (Å²) in [4.78, 5) is 11.9. The van der Waals surface area contributed by atoms with Crippen LogP contribution < -0.4 is 14.8 Å². The largest absolute Gasteiger partial charge is 0.454 e. The Labute approximate surface area is 137 Å². The van der Waals surface area contributed by atoms with E-state index in [9.17, 15) is 4.79 Å². The third kappa shape index (κ3) is 3.80. The molecule has 1 N–H and O–H groups in total. The third-order valence-electron chi connectivity index (χ3n) is 3.46. The van der Waals surface area contributed by atoms with E-state index in [2.05, 4.69) is 21.2 Å². The van der Waals surface area contributed by atoms with Crippen molar-refractivity contribution in [2.45, 2.75) is 19.4 Å². The molecule has 2 aromatic rings. The van der Waals surface area contributed by atoms with Crippen molar-refractivity contribution in [2.75, 3.05) is 6.79 Å². The molecule has 0 radical (unpaired) electrons. The Hall–Kier alpha value is -2.01. The molecule has 1 aliphatic heterocycles. The number of carbonyl (C=O) groups is 1. The van der Waals surface area contributed by atoms with E-state index in [1.54, 1.807) is 0 Å². The molecule has 0 bridgehead atoms. The molecule has 0 saturated heterocycles. The van der Waals surface area contributed by atoms with E-state index in [1.807, 2.05) is 42.5 Å². The molecule has 114 valence electrons. The van der Waals surface area contributed by atoms with Gasteiger partial charge in [-0.05, 0) is 41.8 Å². The monoisotopic (exact) mass is 361 g/mol. The van der Waals surface area contributed by atoms with Crippen molar-refractivity contribution in [2.24, 2.45) is 0 Å². The van der Waals surface area contributed by atoms with Crippen LogP contribution in [0.25, 0.3) is 0 Å². The van der Waals surface area contributed by atoms with Gasteiger partial charge in [-0.1, -0.05) is 34.1 Å². The second-order valence-electron chi connectivity index (χ2n) is 5.09. The van der Waals surface area contributed by atoms with Crippen molar-refractivity contribution in [3.63, 3.8) is 0 Å². The van der Waals surface area contributed by atoms with E-state index >= 15 is 0 Å². The van der Waals surface area contributed by atoms with E-state index in [0.717, 1.165) is 27.1 Å². The van der Waals surface area contributed by atoms with E-state index in [0.29, 0.717) is 19.4 Å². The van der Waals surface area contributed by atoms with Crippen molar-refractivity contribution in [1.82, 2.24) is 5.32 Å². The zero-order valence-electron chi connectivity index (χ0n) is 12.0. The minimum Gasteiger partial charge on any atom is -0.454 e. The first-order valence-electron chi connectivity index (χ1n) is 7.10. The number of nitrogens with one attached hydrogen (secondary N) is 1. The first kappa shape index (κ1) is 14.9. The smallest absolute Gasteiger partial charge is 0.231 e. The molecule has 5 heteroatoms. The zero-order chi connectivity index (χ0) is 15.4. The van der Waals surface area contributed by atoms with Gasteiger partial charge in [0.25, 0.3) is 0 Å². The first-order chi connectivity index (χ1) is 10.7. The zero-order valence-corrected chi connectivity index (χ0v) is 13.6. The summed E-state index contributed by atoms with van der Waals surface area (Å²) in [7, 11) is 0. The first-order valence-corrected chi connectivity index (χ1v) is 7.90. The molecule has 0 spiro atoms. The maximum Gasteiger partial charge on any atom is 0.231 e. The number of rotatable bonds is 5. The fraction of sp³-hybridized carbons (Fsp3) is 0.235. The Balaban J connectivity index is 1.48. The topological polar surface area (TPSA) is 47.6 Å². The second-order valence-corrected chi connectivity index (χ2v) is 6.01. The summed E-state index contributed by atoms with van der Waals surface area (Å²) in [5, 5.41) is 2.93. The van der Waals surface area contributed by atoms with Gasteiger partial charge in [-0.15, -0.1) is 0 Å². The average molecular weight is 362 g/mol. The molecule has 0 saturated carbocycles. The average Bonchev–Trinajstić information content (AvgIpc) is 2.98. The molecule has 0 atom stereocenters. The molecule has 0 aliphatic carbocycles. The maximum atomic E-state index is 11.9. The van der Waals surface area contributed by atoms with Gasteiger partial charge in [0.05, 0.1) is 0 Å². The highest BCUT2D eigenvalue weighted by Gasteiger charge is 2.13. The van der Waals surface area contributed by atoms with E-state index in [4.69, 9.17) is 9.47 Å². The van der Waals surface area contributed by atoms with Gasteiger partial charge in [0, 0.05) is 17.4 Å². The molecule has 3 rings (SSSR count). The summed E-state index contributed by atoms with van der Waals surface area (Å²) in [6, 6.07) is 13.7. The predicted octanol–water partition coefficient (Wildman–Crippen LogP) is 3.43. The van der Waals surface area contributed by atoms with Gasteiger partial charge in [-0.25, -0.2) is 0 Å². The van der Waals surface area contributed by atoms with Crippen LogP contribution >= 0.6 is 15.9 Å². The number of halogens is 1. The summed E-state index contributed by atoms with van der Waals surface area (Å²) in [5.41, 5.74) is 2.15. The van der Waals surface area contributed by atoms with Crippen molar-refractivity contribution >= 4 is 21.8 Å². The lowest BCUT2D eigenvalue weighted by atomic mass is 10.1. The molecule has 1 heterocycles. The molecule has 2 aromatic carbocycles.